The fraction of sp³-hybridized carbons (Fsp3) is 0.304. The molecule has 3 aromatic rings. The minimum Gasteiger partial charge on any atom is -0.497 e. The van der Waals surface area contributed by atoms with Gasteiger partial charge < -0.3 is 14.6 Å². The van der Waals surface area contributed by atoms with Crippen LogP contribution in [0.3, 0.4) is 0 Å². The summed E-state index contributed by atoms with van der Waals surface area (Å²) in [6, 6.07) is 13.6. The number of hydrogen-bond donors (Lipinski definition) is 1. The van der Waals surface area contributed by atoms with Crippen molar-refractivity contribution >= 4 is 11.6 Å². The van der Waals surface area contributed by atoms with Crippen molar-refractivity contribution in [1.82, 2.24) is 9.55 Å². The van der Waals surface area contributed by atoms with E-state index in [4.69, 9.17) is 4.74 Å². The fourth-order valence-corrected chi connectivity index (χ4v) is 3.90. The smallest absolute Gasteiger partial charge is 0.225 e. The Morgan fingerprint density at radius 1 is 1.24 bits per heavy atom. The van der Waals surface area contributed by atoms with Gasteiger partial charge in [0.15, 0.2) is 0 Å². The molecule has 0 saturated heterocycles. The molecular weight excluding hydrogens is 369 g/mol. The summed E-state index contributed by atoms with van der Waals surface area (Å²) in [7, 11) is 1.63. The molecule has 5 nitrogen and oxygen atoms in total. The number of rotatable bonds is 6. The van der Waals surface area contributed by atoms with E-state index in [0.717, 1.165) is 48.6 Å². The van der Waals surface area contributed by atoms with Gasteiger partial charge in [-0.3, -0.25) is 4.79 Å². The molecule has 2 heterocycles. The molecule has 0 spiro atoms. The minimum absolute atomic E-state index is 0.129. The third-order valence-electron chi connectivity index (χ3n) is 5.37. The second-order valence-corrected chi connectivity index (χ2v) is 7.30. The van der Waals surface area contributed by atoms with Gasteiger partial charge in [0.25, 0.3) is 0 Å². The Bertz CT molecular complexity index is 998. The molecule has 0 radical (unpaired) electrons. The molecule has 1 unspecified atom stereocenters. The van der Waals surface area contributed by atoms with Gasteiger partial charge in [-0.05, 0) is 54.8 Å². The van der Waals surface area contributed by atoms with Crippen LogP contribution in [0.5, 0.6) is 5.75 Å². The first kappa shape index (κ1) is 19.2. The zero-order valence-corrected chi connectivity index (χ0v) is 16.4. The molecule has 29 heavy (non-hydrogen) atoms. The number of carbonyl (C=O) groups is 1. The molecule has 0 bridgehead atoms. The SMILES string of the molecule is COc1cccc(C(CC(=O)Nc2ccc(F)cc2)c2cnc3n2CCCC3)c1. The Morgan fingerprint density at radius 2 is 2.07 bits per heavy atom. The maximum Gasteiger partial charge on any atom is 0.225 e. The van der Waals surface area contributed by atoms with E-state index in [9.17, 15) is 9.18 Å². The fourth-order valence-electron chi connectivity index (χ4n) is 3.90. The van der Waals surface area contributed by atoms with Crippen LogP contribution in [0, 0.1) is 5.82 Å². The third-order valence-corrected chi connectivity index (χ3v) is 5.37. The van der Waals surface area contributed by atoms with E-state index in [1.807, 2.05) is 30.5 Å². The largest absolute Gasteiger partial charge is 0.497 e. The first-order chi connectivity index (χ1) is 14.1. The maximum atomic E-state index is 13.1. The number of ether oxygens (including phenoxy) is 1. The second kappa shape index (κ2) is 8.47. The molecule has 4 rings (SSSR count). The lowest BCUT2D eigenvalue weighted by Gasteiger charge is -2.23. The van der Waals surface area contributed by atoms with Crippen molar-refractivity contribution in [3.05, 3.63) is 77.6 Å². The van der Waals surface area contributed by atoms with Gasteiger partial charge in [0, 0.05) is 42.9 Å². The van der Waals surface area contributed by atoms with Crippen molar-refractivity contribution in [2.75, 3.05) is 12.4 Å². The summed E-state index contributed by atoms with van der Waals surface area (Å²) in [6.07, 6.45) is 5.38. The number of aromatic nitrogens is 2. The van der Waals surface area contributed by atoms with Crippen LogP contribution in [0.15, 0.2) is 54.7 Å². The van der Waals surface area contributed by atoms with Crippen LogP contribution >= 0.6 is 0 Å². The minimum atomic E-state index is -0.330. The number of nitrogens with one attached hydrogen (secondary N) is 1. The van der Waals surface area contributed by atoms with Gasteiger partial charge in [0.1, 0.15) is 17.4 Å². The number of hydrogen-bond acceptors (Lipinski definition) is 3. The Balaban J connectivity index is 1.63. The summed E-state index contributed by atoms with van der Waals surface area (Å²) in [5, 5.41) is 2.87. The average Bonchev–Trinajstić information content (AvgIpc) is 3.17. The van der Waals surface area contributed by atoms with Crippen LogP contribution in [0.1, 0.15) is 42.3 Å². The summed E-state index contributed by atoms with van der Waals surface area (Å²) in [5.41, 5.74) is 2.63. The predicted molar refractivity (Wildman–Crippen MR) is 110 cm³/mol. The number of amides is 1. The Kier molecular flexibility index (Phi) is 5.60. The zero-order chi connectivity index (χ0) is 20.2. The molecule has 1 amide bonds. The predicted octanol–water partition coefficient (Wildman–Crippen LogP) is 4.53. The standard InChI is InChI=1S/C23H24FN3O2/c1-29-19-6-4-5-16(13-19)20(21-15-25-22-7-2-3-12-27(21)22)14-23(28)26-18-10-8-17(24)9-11-18/h4-6,8-11,13,15,20H,2-3,7,12,14H2,1H3,(H,26,28). The summed E-state index contributed by atoms with van der Waals surface area (Å²) in [6.45, 7) is 0.921. The highest BCUT2D eigenvalue weighted by molar-refractivity contribution is 5.91. The lowest BCUT2D eigenvalue weighted by atomic mass is 9.91. The van der Waals surface area contributed by atoms with E-state index < -0.39 is 0 Å². The molecule has 1 N–H and O–H groups in total. The molecule has 1 aromatic heterocycles. The number of benzene rings is 2. The normalized spacial score (nSPS) is 14.1. The average molecular weight is 393 g/mol. The number of fused-ring (bicyclic) bond motifs is 1. The van der Waals surface area contributed by atoms with Crippen LogP contribution in [0.2, 0.25) is 0 Å². The quantitative estimate of drug-likeness (QED) is 0.670. The Hall–Kier alpha value is -3.15. The van der Waals surface area contributed by atoms with E-state index in [2.05, 4.69) is 14.9 Å². The molecule has 150 valence electrons. The highest BCUT2D eigenvalue weighted by Crippen LogP contribution is 2.33. The van der Waals surface area contributed by atoms with Crippen LogP contribution in [-0.4, -0.2) is 22.6 Å². The van der Waals surface area contributed by atoms with Crippen molar-refractivity contribution in [1.29, 1.82) is 0 Å². The van der Waals surface area contributed by atoms with E-state index in [1.165, 1.54) is 12.1 Å². The Morgan fingerprint density at radius 3 is 2.86 bits per heavy atom. The van der Waals surface area contributed by atoms with Gasteiger partial charge in [-0.2, -0.15) is 0 Å². The monoisotopic (exact) mass is 393 g/mol. The molecule has 2 aromatic carbocycles. The van der Waals surface area contributed by atoms with E-state index in [-0.39, 0.29) is 24.1 Å². The molecular formula is C23H24FN3O2. The number of imidazole rings is 1. The summed E-state index contributed by atoms with van der Waals surface area (Å²) in [4.78, 5) is 17.4. The van der Waals surface area contributed by atoms with E-state index in [0.29, 0.717) is 5.69 Å². The first-order valence-corrected chi connectivity index (χ1v) is 9.87. The Labute approximate surface area is 169 Å². The number of halogens is 1. The zero-order valence-electron chi connectivity index (χ0n) is 16.4. The van der Waals surface area contributed by atoms with Gasteiger partial charge in [0.05, 0.1) is 7.11 Å². The van der Waals surface area contributed by atoms with Crippen LogP contribution in [0.4, 0.5) is 10.1 Å². The third kappa shape index (κ3) is 4.31. The van der Waals surface area contributed by atoms with Crippen LogP contribution in [-0.2, 0) is 17.8 Å². The van der Waals surface area contributed by atoms with Gasteiger partial charge in [0.2, 0.25) is 5.91 Å². The molecule has 0 fully saturated rings. The van der Waals surface area contributed by atoms with Crippen molar-refractivity contribution in [3.63, 3.8) is 0 Å². The lowest BCUT2D eigenvalue weighted by molar-refractivity contribution is -0.116. The molecule has 0 aliphatic carbocycles. The van der Waals surface area contributed by atoms with Gasteiger partial charge in [-0.15, -0.1) is 0 Å². The summed E-state index contributed by atoms with van der Waals surface area (Å²) < 4.78 is 20.8. The lowest BCUT2D eigenvalue weighted by Crippen LogP contribution is -2.20. The van der Waals surface area contributed by atoms with Gasteiger partial charge >= 0.3 is 0 Å². The number of aryl methyl sites for hydroxylation is 1. The van der Waals surface area contributed by atoms with Crippen molar-refractivity contribution in [2.45, 2.75) is 38.1 Å². The number of anilines is 1. The topological polar surface area (TPSA) is 56.1 Å². The number of nitrogens with zero attached hydrogens (tertiary/aromatic N) is 2. The first-order valence-electron chi connectivity index (χ1n) is 9.87. The van der Waals surface area contributed by atoms with Crippen molar-refractivity contribution in [3.8, 4) is 5.75 Å². The van der Waals surface area contributed by atoms with Gasteiger partial charge in [-0.1, -0.05) is 12.1 Å². The van der Waals surface area contributed by atoms with E-state index in [1.54, 1.807) is 19.2 Å². The van der Waals surface area contributed by atoms with E-state index >= 15 is 0 Å². The molecule has 6 heteroatoms. The van der Waals surface area contributed by atoms with Crippen molar-refractivity contribution < 1.29 is 13.9 Å². The molecule has 0 saturated carbocycles. The summed E-state index contributed by atoms with van der Waals surface area (Å²) >= 11 is 0. The second-order valence-electron chi connectivity index (χ2n) is 7.30. The van der Waals surface area contributed by atoms with Crippen LogP contribution < -0.4 is 10.1 Å². The highest BCUT2D eigenvalue weighted by Gasteiger charge is 2.25. The highest BCUT2D eigenvalue weighted by atomic mass is 19.1. The number of methoxy groups -OCH3 is 1. The molecule has 1 aliphatic rings. The summed E-state index contributed by atoms with van der Waals surface area (Å²) in [5.74, 6) is 1.23. The van der Waals surface area contributed by atoms with Crippen LogP contribution in [0.25, 0.3) is 0 Å². The maximum absolute atomic E-state index is 13.1. The molecule has 1 aliphatic heterocycles. The molecule has 1 atom stereocenters. The van der Waals surface area contributed by atoms with Gasteiger partial charge in [-0.25, -0.2) is 9.37 Å². The van der Waals surface area contributed by atoms with Crippen molar-refractivity contribution in [2.24, 2.45) is 0 Å². The number of carbonyl (C=O) groups excluding carboxylic acids is 1.